The molecule has 0 saturated carbocycles. The van der Waals surface area contributed by atoms with Crippen LogP contribution in [-0.2, 0) is 4.79 Å². The summed E-state index contributed by atoms with van der Waals surface area (Å²) in [5.74, 6) is 0.965. The fourth-order valence-corrected chi connectivity index (χ4v) is 4.85. The molecule has 4 rings (SSSR count). The Morgan fingerprint density at radius 2 is 1.81 bits per heavy atom. The normalized spacial score (nSPS) is 10.8. The lowest BCUT2D eigenvalue weighted by atomic mass is 10.2. The molecule has 0 bridgehead atoms. The van der Waals surface area contributed by atoms with E-state index in [2.05, 4.69) is 26.2 Å². The summed E-state index contributed by atoms with van der Waals surface area (Å²) in [6.07, 6.45) is 0. The molecule has 0 saturated heterocycles. The summed E-state index contributed by atoms with van der Waals surface area (Å²) in [7, 11) is 3.09. The molecule has 164 valence electrons. The average molecular weight is 532 g/mol. The molecular weight excluding hydrogens is 514 g/mol. The van der Waals surface area contributed by atoms with Crippen molar-refractivity contribution in [2.24, 2.45) is 0 Å². The van der Waals surface area contributed by atoms with Gasteiger partial charge < -0.3 is 14.8 Å². The lowest BCUT2D eigenvalue weighted by Crippen LogP contribution is -2.22. The lowest BCUT2D eigenvalue weighted by Gasteiger charge is -2.13. The summed E-state index contributed by atoms with van der Waals surface area (Å²) < 4.78 is 13.5. The number of aromatic nitrogens is 2. The Kier molecular flexibility index (Phi) is 6.83. The Bertz CT molecular complexity index is 1310. The third-order valence-electron chi connectivity index (χ3n) is 4.50. The maximum absolute atomic E-state index is 13.2. The predicted molar refractivity (Wildman–Crippen MR) is 132 cm³/mol. The highest BCUT2D eigenvalue weighted by molar-refractivity contribution is 9.10. The second kappa shape index (κ2) is 9.76. The van der Waals surface area contributed by atoms with Gasteiger partial charge >= 0.3 is 0 Å². The summed E-state index contributed by atoms with van der Waals surface area (Å²) in [6, 6.07) is 14.3. The molecule has 0 atom stereocenters. The van der Waals surface area contributed by atoms with Gasteiger partial charge in [0.15, 0.2) is 5.16 Å². The monoisotopic (exact) mass is 531 g/mol. The van der Waals surface area contributed by atoms with Crippen LogP contribution in [0.2, 0.25) is 0 Å². The molecule has 32 heavy (non-hydrogen) atoms. The van der Waals surface area contributed by atoms with Gasteiger partial charge in [-0.2, -0.15) is 0 Å². The van der Waals surface area contributed by atoms with E-state index in [1.165, 1.54) is 27.7 Å². The number of thiophene rings is 1. The third-order valence-corrected chi connectivity index (χ3v) is 6.86. The SMILES string of the molecule is COc1cc(NC(=O)CSc2nc3ccsc3c(=O)n2-c2ccc(Br)cc2)cc(OC)c1. The molecule has 0 unspecified atom stereocenters. The first kappa shape index (κ1) is 22.4. The zero-order valence-corrected chi connectivity index (χ0v) is 20.3. The minimum Gasteiger partial charge on any atom is -0.497 e. The number of methoxy groups -OCH3 is 2. The number of amides is 1. The average Bonchev–Trinajstić information content (AvgIpc) is 3.27. The number of rotatable bonds is 7. The van der Waals surface area contributed by atoms with Crippen molar-refractivity contribution in [3.63, 3.8) is 0 Å². The van der Waals surface area contributed by atoms with Crippen LogP contribution in [0.4, 0.5) is 5.69 Å². The van der Waals surface area contributed by atoms with Crippen molar-refractivity contribution in [1.82, 2.24) is 9.55 Å². The fourth-order valence-electron chi connectivity index (χ4n) is 3.01. The van der Waals surface area contributed by atoms with Gasteiger partial charge in [-0.15, -0.1) is 11.3 Å². The summed E-state index contributed by atoms with van der Waals surface area (Å²) in [6.45, 7) is 0. The van der Waals surface area contributed by atoms with Crippen LogP contribution in [0.1, 0.15) is 0 Å². The zero-order valence-electron chi connectivity index (χ0n) is 17.1. The van der Waals surface area contributed by atoms with Crippen molar-refractivity contribution in [3.05, 3.63) is 68.7 Å². The van der Waals surface area contributed by atoms with Gasteiger partial charge in [-0.3, -0.25) is 14.2 Å². The summed E-state index contributed by atoms with van der Waals surface area (Å²) >= 11 is 5.96. The van der Waals surface area contributed by atoms with Crippen LogP contribution in [0.25, 0.3) is 15.9 Å². The first-order chi connectivity index (χ1) is 15.5. The molecule has 1 amide bonds. The maximum Gasteiger partial charge on any atom is 0.276 e. The highest BCUT2D eigenvalue weighted by Gasteiger charge is 2.16. The van der Waals surface area contributed by atoms with Gasteiger partial charge in [-0.25, -0.2) is 4.98 Å². The molecule has 2 heterocycles. The summed E-state index contributed by atoms with van der Waals surface area (Å²) in [4.78, 5) is 30.4. The number of ether oxygens (including phenoxy) is 2. The second-order valence-electron chi connectivity index (χ2n) is 6.58. The van der Waals surface area contributed by atoms with Gasteiger partial charge in [0.05, 0.1) is 31.2 Å². The molecule has 0 aliphatic carbocycles. The lowest BCUT2D eigenvalue weighted by molar-refractivity contribution is -0.113. The third kappa shape index (κ3) is 4.82. The fraction of sp³-hybridized carbons (Fsp3) is 0.136. The highest BCUT2D eigenvalue weighted by Crippen LogP contribution is 2.27. The number of carbonyl (C=O) groups excluding carboxylic acids is 1. The molecule has 0 radical (unpaired) electrons. The van der Waals surface area contributed by atoms with Gasteiger partial charge in [-0.1, -0.05) is 27.7 Å². The van der Waals surface area contributed by atoms with Crippen LogP contribution >= 0.6 is 39.0 Å². The van der Waals surface area contributed by atoms with Crippen molar-refractivity contribution in [2.75, 3.05) is 25.3 Å². The van der Waals surface area contributed by atoms with Crippen LogP contribution in [0.3, 0.4) is 0 Å². The Morgan fingerprint density at radius 1 is 1.12 bits per heavy atom. The van der Waals surface area contributed by atoms with Gasteiger partial charge in [-0.05, 0) is 35.7 Å². The number of nitrogens with one attached hydrogen (secondary N) is 1. The zero-order chi connectivity index (χ0) is 22.7. The van der Waals surface area contributed by atoms with Crippen LogP contribution in [0, 0.1) is 0 Å². The number of anilines is 1. The first-order valence-corrected chi connectivity index (χ1v) is 12.1. The number of benzene rings is 2. The molecule has 1 N–H and O–H groups in total. The van der Waals surface area contributed by atoms with Crippen molar-refractivity contribution in [3.8, 4) is 17.2 Å². The topological polar surface area (TPSA) is 82.5 Å². The Balaban J connectivity index is 1.60. The van der Waals surface area contributed by atoms with E-state index in [0.717, 1.165) is 4.47 Å². The van der Waals surface area contributed by atoms with Crippen molar-refractivity contribution >= 4 is 60.8 Å². The Hall–Kier alpha value is -2.82. The molecule has 10 heteroatoms. The standard InChI is InChI=1S/C22H18BrN3O4S2/c1-29-16-9-14(10-17(11-16)30-2)24-19(27)12-32-22-25-18-7-8-31-20(18)21(28)26(22)15-5-3-13(23)4-6-15/h3-11H,12H2,1-2H3,(H,24,27). The Morgan fingerprint density at radius 3 is 2.47 bits per heavy atom. The largest absolute Gasteiger partial charge is 0.497 e. The second-order valence-corrected chi connectivity index (χ2v) is 9.36. The highest BCUT2D eigenvalue weighted by atomic mass is 79.9. The van der Waals surface area contributed by atoms with Crippen molar-refractivity contribution in [1.29, 1.82) is 0 Å². The first-order valence-electron chi connectivity index (χ1n) is 9.40. The number of carbonyl (C=O) groups is 1. The minimum absolute atomic E-state index is 0.0676. The number of halogens is 1. The minimum atomic E-state index is -0.243. The Labute approximate surface area is 200 Å². The molecule has 0 aliphatic heterocycles. The number of thioether (sulfide) groups is 1. The van der Waals surface area contributed by atoms with E-state index in [-0.39, 0.29) is 17.2 Å². The molecular formula is C22H18BrN3O4S2. The van der Waals surface area contributed by atoms with E-state index in [1.807, 2.05) is 29.6 Å². The molecule has 2 aromatic carbocycles. The number of hydrogen-bond donors (Lipinski definition) is 1. The number of hydrogen-bond acceptors (Lipinski definition) is 7. The predicted octanol–water partition coefficient (Wildman–Crippen LogP) is 4.96. The van der Waals surface area contributed by atoms with Gasteiger partial charge in [0.2, 0.25) is 5.91 Å². The van der Waals surface area contributed by atoms with Crippen LogP contribution in [0.5, 0.6) is 11.5 Å². The van der Waals surface area contributed by atoms with Crippen LogP contribution in [-0.4, -0.2) is 35.4 Å². The van der Waals surface area contributed by atoms with E-state index in [1.54, 1.807) is 38.5 Å². The van der Waals surface area contributed by atoms with Gasteiger partial charge in [0.25, 0.3) is 5.56 Å². The van der Waals surface area contributed by atoms with Crippen LogP contribution < -0.4 is 20.3 Å². The van der Waals surface area contributed by atoms with E-state index in [4.69, 9.17) is 9.47 Å². The smallest absolute Gasteiger partial charge is 0.276 e. The van der Waals surface area contributed by atoms with E-state index >= 15 is 0 Å². The van der Waals surface area contributed by atoms with E-state index in [0.29, 0.717) is 38.2 Å². The summed E-state index contributed by atoms with van der Waals surface area (Å²) in [5.41, 5.74) is 1.70. The molecule has 7 nitrogen and oxygen atoms in total. The maximum atomic E-state index is 13.2. The number of fused-ring (bicyclic) bond motifs is 1. The molecule has 4 aromatic rings. The van der Waals surface area contributed by atoms with Gasteiger partial charge in [0.1, 0.15) is 16.2 Å². The molecule has 0 fully saturated rings. The van der Waals surface area contributed by atoms with E-state index in [9.17, 15) is 9.59 Å². The van der Waals surface area contributed by atoms with Gasteiger partial charge in [0, 0.05) is 28.4 Å². The molecule has 0 spiro atoms. The van der Waals surface area contributed by atoms with E-state index < -0.39 is 0 Å². The van der Waals surface area contributed by atoms with Crippen molar-refractivity contribution in [2.45, 2.75) is 5.16 Å². The van der Waals surface area contributed by atoms with Crippen LogP contribution in [0.15, 0.2) is 68.3 Å². The molecule has 2 aromatic heterocycles. The quantitative estimate of drug-likeness (QED) is 0.268. The molecule has 0 aliphatic rings. The number of nitrogens with zero attached hydrogens (tertiary/aromatic N) is 2. The van der Waals surface area contributed by atoms with Crippen molar-refractivity contribution < 1.29 is 14.3 Å². The summed E-state index contributed by atoms with van der Waals surface area (Å²) in [5, 5.41) is 5.12.